The number of carbonyl (C=O) groups is 1. The van der Waals surface area contributed by atoms with Crippen LogP contribution in [0.2, 0.25) is 0 Å². The molecule has 1 atom stereocenters. The molecule has 3 N–H and O–H groups in total. The molecule has 0 aliphatic carbocycles. The lowest BCUT2D eigenvalue weighted by molar-refractivity contribution is -0.139. The molecule has 16 heavy (non-hydrogen) atoms. The van der Waals surface area contributed by atoms with E-state index in [-0.39, 0.29) is 17.9 Å². The molecule has 0 spiro atoms. The van der Waals surface area contributed by atoms with Gasteiger partial charge in [0.25, 0.3) is 0 Å². The highest BCUT2D eigenvalue weighted by Gasteiger charge is 2.13. The standard InChI is InChI=1S/C10H9FN2O3/c11-7-3-6(4-12)1-2-9(7)16-5-8(13)10(14)15/h1-3,8H,5,13H2,(H,14,15). The van der Waals surface area contributed by atoms with Crippen LogP contribution in [-0.4, -0.2) is 23.7 Å². The Morgan fingerprint density at radius 1 is 1.69 bits per heavy atom. The van der Waals surface area contributed by atoms with Crippen molar-refractivity contribution in [3.63, 3.8) is 0 Å². The summed E-state index contributed by atoms with van der Waals surface area (Å²) in [4.78, 5) is 10.4. The van der Waals surface area contributed by atoms with Gasteiger partial charge in [-0.05, 0) is 18.2 Å². The number of carboxylic acid groups (broad SMARTS) is 1. The van der Waals surface area contributed by atoms with E-state index < -0.39 is 17.8 Å². The SMILES string of the molecule is N#Cc1ccc(OCC(N)C(=O)O)c(F)c1. The predicted molar refractivity (Wildman–Crippen MR) is 52.2 cm³/mol. The summed E-state index contributed by atoms with van der Waals surface area (Å²) in [5.41, 5.74) is 5.33. The van der Waals surface area contributed by atoms with Gasteiger partial charge in [0.15, 0.2) is 11.6 Å². The summed E-state index contributed by atoms with van der Waals surface area (Å²) in [7, 11) is 0. The van der Waals surface area contributed by atoms with E-state index in [4.69, 9.17) is 20.8 Å². The highest BCUT2D eigenvalue weighted by molar-refractivity contribution is 5.73. The van der Waals surface area contributed by atoms with Gasteiger partial charge in [-0.1, -0.05) is 0 Å². The van der Waals surface area contributed by atoms with Gasteiger partial charge in [0, 0.05) is 0 Å². The van der Waals surface area contributed by atoms with E-state index >= 15 is 0 Å². The molecule has 0 aliphatic heterocycles. The van der Waals surface area contributed by atoms with E-state index in [0.717, 1.165) is 6.07 Å². The number of halogens is 1. The van der Waals surface area contributed by atoms with Crippen molar-refractivity contribution in [1.29, 1.82) is 5.26 Å². The molecular formula is C10H9FN2O3. The molecule has 1 aromatic carbocycles. The topological polar surface area (TPSA) is 96.3 Å². The lowest BCUT2D eigenvalue weighted by Crippen LogP contribution is -2.36. The molecule has 0 bridgehead atoms. The first kappa shape index (κ1) is 11.9. The maximum atomic E-state index is 13.2. The molecule has 1 aromatic rings. The van der Waals surface area contributed by atoms with Crippen molar-refractivity contribution >= 4 is 5.97 Å². The Bertz CT molecular complexity index is 442. The molecule has 1 rings (SSSR count). The maximum absolute atomic E-state index is 13.2. The third-order valence-electron chi connectivity index (χ3n) is 1.80. The van der Waals surface area contributed by atoms with Gasteiger partial charge in [0.2, 0.25) is 0 Å². The molecule has 0 radical (unpaired) electrons. The Labute approximate surface area is 90.9 Å². The van der Waals surface area contributed by atoms with Gasteiger partial charge < -0.3 is 15.6 Å². The first-order chi connectivity index (χ1) is 7.54. The molecule has 0 heterocycles. The number of nitrogens with two attached hydrogens (primary N) is 1. The van der Waals surface area contributed by atoms with E-state index in [1.165, 1.54) is 12.1 Å². The number of hydrogen-bond donors (Lipinski definition) is 2. The lowest BCUT2D eigenvalue weighted by atomic mass is 10.2. The lowest BCUT2D eigenvalue weighted by Gasteiger charge is -2.09. The van der Waals surface area contributed by atoms with Gasteiger partial charge in [-0.2, -0.15) is 5.26 Å². The fourth-order valence-corrected chi connectivity index (χ4v) is 0.938. The van der Waals surface area contributed by atoms with Crippen LogP contribution in [0.1, 0.15) is 5.56 Å². The average molecular weight is 224 g/mol. The van der Waals surface area contributed by atoms with Crippen LogP contribution in [0.25, 0.3) is 0 Å². The van der Waals surface area contributed by atoms with Gasteiger partial charge in [0.05, 0.1) is 11.6 Å². The number of aliphatic carboxylic acids is 1. The number of nitriles is 1. The molecule has 0 saturated carbocycles. The highest BCUT2D eigenvalue weighted by atomic mass is 19.1. The zero-order valence-electron chi connectivity index (χ0n) is 8.18. The Balaban J connectivity index is 2.69. The second-order valence-corrected chi connectivity index (χ2v) is 3.01. The van der Waals surface area contributed by atoms with Crippen molar-refractivity contribution in [2.45, 2.75) is 6.04 Å². The summed E-state index contributed by atoms with van der Waals surface area (Å²) in [5, 5.41) is 17.0. The first-order valence-electron chi connectivity index (χ1n) is 4.35. The molecule has 1 unspecified atom stereocenters. The maximum Gasteiger partial charge on any atom is 0.324 e. The zero-order chi connectivity index (χ0) is 12.1. The van der Waals surface area contributed by atoms with E-state index in [0.29, 0.717) is 0 Å². The van der Waals surface area contributed by atoms with Gasteiger partial charge in [-0.25, -0.2) is 4.39 Å². The van der Waals surface area contributed by atoms with Crippen LogP contribution in [0.5, 0.6) is 5.75 Å². The Morgan fingerprint density at radius 2 is 2.38 bits per heavy atom. The zero-order valence-corrected chi connectivity index (χ0v) is 8.18. The number of carboxylic acids is 1. The van der Waals surface area contributed by atoms with Crippen LogP contribution in [0.15, 0.2) is 18.2 Å². The molecular weight excluding hydrogens is 215 g/mol. The Hall–Kier alpha value is -2.13. The van der Waals surface area contributed by atoms with Crippen molar-refractivity contribution in [3.05, 3.63) is 29.6 Å². The van der Waals surface area contributed by atoms with Crippen molar-refractivity contribution < 1.29 is 19.0 Å². The molecule has 0 saturated heterocycles. The van der Waals surface area contributed by atoms with Crippen molar-refractivity contribution in [1.82, 2.24) is 0 Å². The summed E-state index contributed by atoms with van der Waals surface area (Å²) in [6.07, 6.45) is 0. The van der Waals surface area contributed by atoms with Crippen LogP contribution in [-0.2, 0) is 4.79 Å². The van der Waals surface area contributed by atoms with Crippen LogP contribution >= 0.6 is 0 Å². The fourth-order valence-electron chi connectivity index (χ4n) is 0.938. The molecule has 6 heteroatoms. The van der Waals surface area contributed by atoms with Gasteiger partial charge >= 0.3 is 5.97 Å². The second kappa shape index (κ2) is 5.09. The molecule has 0 aromatic heterocycles. The fraction of sp³-hybridized carbons (Fsp3) is 0.200. The van der Waals surface area contributed by atoms with E-state index in [1.54, 1.807) is 6.07 Å². The van der Waals surface area contributed by atoms with Crippen molar-refractivity contribution in [2.75, 3.05) is 6.61 Å². The number of ether oxygens (including phenoxy) is 1. The monoisotopic (exact) mass is 224 g/mol. The minimum atomic E-state index is -1.23. The largest absolute Gasteiger partial charge is 0.488 e. The first-order valence-corrected chi connectivity index (χ1v) is 4.35. The Kier molecular flexibility index (Phi) is 3.80. The van der Waals surface area contributed by atoms with Crippen molar-refractivity contribution in [3.8, 4) is 11.8 Å². The minimum Gasteiger partial charge on any atom is -0.488 e. The predicted octanol–water partition coefficient (Wildman–Crippen LogP) is 0.488. The molecule has 0 fully saturated rings. The van der Waals surface area contributed by atoms with Crippen LogP contribution in [0, 0.1) is 17.1 Å². The molecule has 0 amide bonds. The van der Waals surface area contributed by atoms with E-state index in [1.807, 2.05) is 0 Å². The van der Waals surface area contributed by atoms with Gasteiger partial charge in [0.1, 0.15) is 12.6 Å². The third-order valence-corrected chi connectivity index (χ3v) is 1.80. The molecule has 0 aliphatic rings. The van der Waals surface area contributed by atoms with Crippen LogP contribution in [0.3, 0.4) is 0 Å². The van der Waals surface area contributed by atoms with E-state index in [2.05, 4.69) is 0 Å². The normalized spacial score (nSPS) is 11.6. The van der Waals surface area contributed by atoms with Gasteiger partial charge in [-0.15, -0.1) is 0 Å². The summed E-state index contributed by atoms with van der Waals surface area (Å²) >= 11 is 0. The quantitative estimate of drug-likeness (QED) is 0.775. The highest BCUT2D eigenvalue weighted by Crippen LogP contribution is 2.17. The average Bonchev–Trinajstić information content (AvgIpc) is 2.26. The summed E-state index contributed by atoms with van der Waals surface area (Å²) < 4.78 is 18.1. The smallest absolute Gasteiger partial charge is 0.324 e. The number of nitrogens with zero attached hydrogens (tertiary/aromatic N) is 1. The third kappa shape index (κ3) is 2.93. The number of rotatable bonds is 4. The number of hydrogen-bond acceptors (Lipinski definition) is 4. The summed E-state index contributed by atoms with van der Waals surface area (Å²) in [6.45, 7) is -0.335. The van der Waals surface area contributed by atoms with Crippen molar-refractivity contribution in [2.24, 2.45) is 5.73 Å². The van der Waals surface area contributed by atoms with E-state index in [9.17, 15) is 9.18 Å². The van der Waals surface area contributed by atoms with Crippen LogP contribution < -0.4 is 10.5 Å². The minimum absolute atomic E-state index is 0.129. The summed E-state index contributed by atoms with van der Waals surface area (Å²) in [5.74, 6) is -2.08. The van der Waals surface area contributed by atoms with Crippen LogP contribution in [0.4, 0.5) is 4.39 Å². The second-order valence-electron chi connectivity index (χ2n) is 3.01. The molecule has 84 valence electrons. The van der Waals surface area contributed by atoms with Gasteiger partial charge in [-0.3, -0.25) is 4.79 Å². The number of benzene rings is 1. The molecule has 5 nitrogen and oxygen atoms in total. The summed E-state index contributed by atoms with van der Waals surface area (Å²) in [6, 6.07) is 4.17. The Morgan fingerprint density at radius 3 is 2.88 bits per heavy atom.